The molecule has 1 atom stereocenters. The fourth-order valence-corrected chi connectivity index (χ4v) is 3.47. The Kier molecular flexibility index (Phi) is 13.0. The Morgan fingerprint density at radius 3 is 1.48 bits per heavy atom. The van der Waals surface area contributed by atoms with Gasteiger partial charge >= 0.3 is 47.7 Å². The molecule has 0 bridgehead atoms. The van der Waals surface area contributed by atoms with Gasteiger partial charge in [0.15, 0.2) is 0 Å². The summed E-state index contributed by atoms with van der Waals surface area (Å²) in [6, 6.07) is -2.25. The van der Waals surface area contributed by atoms with Crippen molar-refractivity contribution in [3.63, 3.8) is 0 Å². The fraction of sp³-hybridized carbons (Fsp3) is 0.913. The molecule has 1 amide bonds. The third-order valence-corrected chi connectivity index (χ3v) is 6.09. The summed E-state index contributed by atoms with van der Waals surface area (Å²) in [7, 11) is 0.147. The van der Waals surface area contributed by atoms with Gasteiger partial charge in [-0.2, -0.15) is 65.9 Å². The van der Waals surface area contributed by atoms with E-state index in [1.54, 1.807) is 0 Å². The van der Waals surface area contributed by atoms with Gasteiger partial charge in [-0.25, -0.2) is 4.79 Å². The highest BCUT2D eigenvalue weighted by atomic mass is 19.4. The van der Waals surface area contributed by atoms with Gasteiger partial charge in [-0.1, -0.05) is 52.9 Å². The minimum atomic E-state index is -8.52. The van der Waals surface area contributed by atoms with Crippen LogP contribution in [0.5, 0.6) is 0 Å². The van der Waals surface area contributed by atoms with Crippen LogP contribution in [-0.2, 0) is 14.3 Å². The summed E-state index contributed by atoms with van der Waals surface area (Å²) in [5, 5.41) is 0. The average Bonchev–Trinajstić information content (AvgIpc) is 2.84. The van der Waals surface area contributed by atoms with Crippen LogP contribution in [0.1, 0.15) is 65.7 Å². The molecular formula is C23H30F15NO3. The first kappa shape index (κ1) is 39.9. The molecule has 1 unspecified atom stereocenters. The van der Waals surface area contributed by atoms with Crippen LogP contribution in [0.4, 0.5) is 65.9 Å². The van der Waals surface area contributed by atoms with Crippen LogP contribution >= 0.6 is 0 Å². The predicted octanol–water partition coefficient (Wildman–Crippen LogP) is 8.14. The number of amides is 1. The van der Waals surface area contributed by atoms with Crippen molar-refractivity contribution in [1.29, 1.82) is 0 Å². The lowest BCUT2D eigenvalue weighted by Gasteiger charge is -2.42. The largest absolute Gasteiger partial charge is 0.464 e. The Balaban J connectivity index is 6.26. The molecule has 0 rings (SSSR count). The second kappa shape index (κ2) is 13.7. The van der Waals surface area contributed by atoms with E-state index in [9.17, 15) is 75.4 Å². The number of halogens is 15. The van der Waals surface area contributed by atoms with E-state index in [0.717, 1.165) is 19.3 Å². The lowest BCUT2D eigenvalue weighted by Crippen LogP contribution is -2.74. The van der Waals surface area contributed by atoms with Crippen molar-refractivity contribution in [3.8, 4) is 0 Å². The van der Waals surface area contributed by atoms with Crippen molar-refractivity contribution >= 4 is 11.9 Å². The van der Waals surface area contributed by atoms with Gasteiger partial charge in [0, 0.05) is 7.05 Å². The van der Waals surface area contributed by atoms with Crippen molar-refractivity contribution in [1.82, 2.24) is 4.90 Å². The van der Waals surface area contributed by atoms with Crippen LogP contribution in [-0.4, -0.2) is 78.2 Å². The molecule has 0 aliphatic carbocycles. The molecule has 0 aromatic carbocycles. The number of esters is 1. The molecular weight excluding hydrogens is 623 g/mol. The number of hydrogen-bond acceptors (Lipinski definition) is 3. The molecule has 0 N–H and O–H groups in total. The minimum absolute atomic E-state index is 0.147. The Morgan fingerprint density at radius 2 is 1.05 bits per heavy atom. The summed E-state index contributed by atoms with van der Waals surface area (Å²) < 4.78 is 207. The second-order valence-corrected chi connectivity index (χ2v) is 9.94. The van der Waals surface area contributed by atoms with E-state index < -0.39 is 76.9 Å². The maximum absolute atomic E-state index is 14.4. The molecule has 0 fully saturated rings. The first-order chi connectivity index (χ1) is 18.6. The van der Waals surface area contributed by atoms with Crippen LogP contribution in [0, 0.1) is 5.92 Å². The van der Waals surface area contributed by atoms with Gasteiger partial charge in [-0.05, 0) is 18.8 Å². The Labute approximate surface area is 230 Å². The highest BCUT2D eigenvalue weighted by Gasteiger charge is 2.94. The van der Waals surface area contributed by atoms with E-state index in [1.165, 1.54) is 13.8 Å². The van der Waals surface area contributed by atoms with E-state index in [-0.39, 0.29) is 20.1 Å². The zero-order valence-corrected chi connectivity index (χ0v) is 22.7. The number of alkyl halides is 15. The maximum Gasteiger partial charge on any atom is 0.460 e. The zero-order chi connectivity index (χ0) is 33.8. The van der Waals surface area contributed by atoms with Gasteiger partial charge < -0.3 is 9.64 Å². The molecule has 0 aliphatic rings. The first-order valence-electron chi connectivity index (χ1n) is 12.4. The highest BCUT2D eigenvalue weighted by molar-refractivity contribution is 5.89. The van der Waals surface area contributed by atoms with Crippen molar-refractivity contribution in [2.24, 2.45) is 5.92 Å². The van der Waals surface area contributed by atoms with Crippen molar-refractivity contribution in [3.05, 3.63) is 0 Å². The number of hydrogen-bond donors (Lipinski definition) is 0. The maximum atomic E-state index is 14.4. The zero-order valence-electron chi connectivity index (χ0n) is 22.7. The second-order valence-electron chi connectivity index (χ2n) is 9.94. The molecule has 0 saturated heterocycles. The molecule has 0 spiro atoms. The van der Waals surface area contributed by atoms with E-state index in [0.29, 0.717) is 12.8 Å². The standard InChI is InChI=1S/C23H30F15NO3/c1-5-6-7-8-9-10-11-42-15(40)14(12-13(2)3)39(4)16(41)17(24,25)18(26,27)19(28,29)20(30,31)21(32,33)22(34,35)23(36,37)38/h13-14H,5-12H2,1-4H3. The topological polar surface area (TPSA) is 46.6 Å². The first-order valence-corrected chi connectivity index (χ1v) is 12.4. The van der Waals surface area contributed by atoms with E-state index >= 15 is 0 Å². The third kappa shape index (κ3) is 7.50. The molecule has 0 aromatic heterocycles. The lowest BCUT2D eigenvalue weighted by molar-refractivity contribution is -0.449. The quantitative estimate of drug-likeness (QED) is 0.0905. The highest BCUT2D eigenvalue weighted by Crippen LogP contribution is 2.62. The predicted molar refractivity (Wildman–Crippen MR) is 116 cm³/mol. The van der Waals surface area contributed by atoms with Crippen molar-refractivity contribution < 1.29 is 80.2 Å². The fourth-order valence-electron chi connectivity index (χ4n) is 3.47. The molecule has 0 saturated carbocycles. The molecule has 42 heavy (non-hydrogen) atoms. The molecule has 4 nitrogen and oxygen atoms in total. The smallest absolute Gasteiger partial charge is 0.460 e. The molecule has 19 heteroatoms. The Bertz CT molecular complexity index is 904. The number of rotatable bonds is 17. The molecule has 250 valence electrons. The number of carbonyl (C=O) groups is 2. The number of nitrogens with zero attached hydrogens (tertiary/aromatic N) is 1. The monoisotopic (exact) mass is 653 g/mol. The molecule has 0 heterocycles. The van der Waals surface area contributed by atoms with Crippen LogP contribution in [0.15, 0.2) is 0 Å². The van der Waals surface area contributed by atoms with E-state index in [2.05, 4.69) is 0 Å². The number of unbranched alkanes of at least 4 members (excludes halogenated alkanes) is 5. The number of ether oxygens (including phenoxy) is 1. The summed E-state index contributed by atoms with van der Waals surface area (Å²) in [5.41, 5.74) is 0. The van der Waals surface area contributed by atoms with Gasteiger partial charge in [0.05, 0.1) is 6.61 Å². The lowest BCUT2D eigenvalue weighted by atomic mass is 9.90. The SMILES string of the molecule is CCCCCCCCOC(=O)C(CC(C)C)N(C)C(=O)C(F)(F)C(F)(F)C(F)(F)C(F)(F)C(F)(F)C(F)(F)C(F)(F)F. The molecule has 0 aliphatic heterocycles. The molecule has 0 aromatic rings. The normalized spacial score (nSPS) is 15.1. The summed E-state index contributed by atoms with van der Waals surface area (Å²) >= 11 is 0. The van der Waals surface area contributed by atoms with Crippen LogP contribution in [0.3, 0.4) is 0 Å². The minimum Gasteiger partial charge on any atom is -0.464 e. The van der Waals surface area contributed by atoms with Crippen molar-refractivity contribution in [2.45, 2.75) is 113 Å². The van der Waals surface area contributed by atoms with Gasteiger partial charge in [0.1, 0.15) is 6.04 Å². The average molecular weight is 653 g/mol. The van der Waals surface area contributed by atoms with Gasteiger partial charge in [0.2, 0.25) is 0 Å². The Morgan fingerprint density at radius 1 is 0.643 bits per heavy atom. The van der Waals surface area contributed by atoms with Crippen LogP contribution in [0.25, 0.3) is 0 Å². The van der Waals surface area contributed by atoms with Gasteiger partial charge in [-0.15, -0.1) is 0 Å². The Hall–Kier alpha value is -2.11. The summed E-state index contributed by atoms with van der Waals surface area (Å²) in [6.07, 6.45) is -4.34. The van der Waals surface area contributed by atoms with E-state index in [4.69, 9.17) is 4.74 Å². The van der Waals surface area contributed by atoms with Gasteiger partial charge in [0.25, 0.3) is 5.91 Å². The number of carbonyl (C=O) groups excluding carboxylic acids is 2. The van der Waals surface area contributed by atoms with E-state index in [1.807, 2.05) is 6.92 Å². The van der Waals surface area contributed by atoms with Crippen molar-refractivity contribution in [2.75, 3.05) is 13.7 Å². The van der Waals surface area contributed by atoms with Crippen LogP contribution in [0.2, 0.25) is 0 Å². The molecule has 0 radical (unpaired) electrons. The van der Waals surface area contributed by atoms with Crippen LogP contribution < -0.4 is 0 Å². The summed E-state index contributed by atoms with van der Waals surface area (Å²) in [6.45, 7) is 4.16. The number of likely N-dealkylation sites (N-methyl/N-ethyl adjacent to an activating group) is 1. The summed E-state index contributed by atoms with van der Waals surface area (Å²) in [4.78, 5) is 24.0. The summed E-state index contributed by atoms with van der Waals surface area (Å²) in [5.74, 6) is -54.4. The van der Waals surface area contributed by atoms with Gasteiger partial charge in [-0.3, -0.25) is 4.79 Å². The third-order valence-electron chi connectivity index (χ3n) is 6.09.